The molecule has 0 saturated carbocycles. The molecule has 1 nitrogen and oxygen atoms in total. The Kier molecular flexibility index (Phi) is 2.97. The third kappa shape index (κ3) is 2.62. The monoisotopic (exact) mass is 249 g/mol. The van der Waals surface area contributed by atoms with Gasteiger partial charge in [0, 0.05) is 17.3 Å². The molecule has 2 aliphatic rings. The molecule has 1 atom stereocenters. The first-order chi connectivity index (χ1) is 7.68. The second kappa shape index (κ2) is 3.94. The van der Waals surface area contributed by atoms with Crippen LogP contribution in [-0.4, -0.2) is 10.3 Å². The smallest absolute Gasteiger partial charge is 0.102 e. The highest BCUT2D eigenvalue weighted by Gasteiger charge is 2.31. The number of rotatable bonds is 0. The van der Waals surface area contributed by atoms with Gasteiger partial charge in [-0.2, -0.15) is 0 Å². The molecule has 2 rings (SSSR count). The summed E-state index contributed by atoms with van der Waals surface area (Å²) in [7, 11) is 0. The summed E-state index contributed by atoms with van der Waals surface area (Å²) >= 11 is 1.97. The number of hydrogen-bond donors (Lipinski definition) is 0. The maximum atomic E-state index is 2.35. The molecule has 0 spiro atoms. The predicted octanol–water partition coefficient (Wildman–Crippen LogP) is 4.75. The van der Waals surface area contributed by atoms with Crippen molar-refractivity contribution in [2.75, 3.05) is 0 Å². The summed E-state index contributed by atoms with van der Waals surface area (Å²) in [5.41, 5.74) is 1.89. The van der Waals surface area contributed by atoms with Crippen molar-refractivity contribution in [1.29, 1.82) is 0 Å². The van der Waals surface area contributed by atoms with Crippen LogP contribution >= 0.6 is 11.8 Å². The lowest BCUT2D eigenvalue weighted by Gasteiger charge is -2.29. The van der Waals surface area contributed by atoms with Crippen LogP contribution in [0.25, 0.3) is 0 Å². The third-order valence-corrected chi connectivity index (χ3v) is 4.76. The van der Waals surface area contributed by atoms with Crippen molar-refractivity contribution in [2.45, 2.75) is 46.9 Å². The van der Waals surface area contributed by atoms with Crippen molar-refractivity contribution in [3.8, 4) is 0 Å². The van der Waals surface area contributed by atoms with Crippen molar-refractivity contribution in [1.82, 2.24) is 4.90 Å². The largest absolute Gasteiger partial charge is 0.337 e. The topological polar surface area (TPSA) is 3.24 Å². The molecule has 0 radical (unpaired) electrons. The molecule has 0 bridgehead atoms. The van der Waals surface area contributed by atoms with E-state index < -0.39 is 0 Å². The van der Waals surface area contributed by atoms with E-state index in [-0.39, 0.29) is 10.8 Å². The van der Waals surface area contributed by atoms with E-state index in [1.807, 2.05) is 11.8 Å². The summed E-state index contributed by atoms with van der Waals surface area (Å²) < 4.78 is 0. The number of allylic oxidation sites excluding steroid dienone is 3. The molecule has 2 heteroatoms. The van der Waals surface area contributed by atoms with E-state index in [0.717, 1.165) is 0 Å². The number of nitrogens with zero attached hydrogens (tertiary/aromatic N) is 1. The van der Waals surface area contributed by atoms with Crippen LogP contribution in [0.3, 0.4) is 0 Å². The quantitative estimate of drug-likeness (QED) is 0.609. The standard InChI is InChI=1S/C15H23NS/c1-14(2,3)11-7-8-13-16(9-11)10-12(17-13)15(4,5)6/h7-10,13H,1-6H3. The van der Waals surface area contributed by atoms with Crippen LogP contribution in [0.2, 0.25) is 0 Å². The normalized spacial score (nSPS) is 24.6. The van der Waals surface area contributed by atoms with Gasteiger partial charge in [-0.3, -0.25) is 0 Å². The lowest BCUT2D eigenvalue weighted by molar-refractivity contribution is 0.461. The van der Waals surface area contributed by atoms with Crippen LogP contribution in [0.4, 0.5) is 0 Å². The minimum atomic E-state index is 0.227. The molecule has 94 valence electrons. The van der Waals surface area contributed by atoms with Gasteiger partial charge in [0.2, 0.25) is 0 Å². The second-order valence-corrected chi connectivity index (χ2v) is 8.05. The van der Waals surface area contributed by atoms with E-state index in [9.17, 15) is 0 Å². The number of hydrogen-bond acceptors (Lipinski definition) is 2. The minimum absolute atomic E-state index is 0.227. The lowest BCUT2D eigenvalue weighted by atomic mass is 9.86. The van der Waals surface area contributed by atoms with E-state index in [4.69, 9.17) is 0 Å². The van der Waals surface area contributed by atoms with Crippen molar-refractivity contribution in [2.24, 2.45) is 10.8 Å². The molecule has 2 aliphatic heterocycles. The van der Waals surface area contributed by atoms with Crippen LogP contribution in [0, 0.1) is 10.8 Å². The minimum Gasteiger partial charge on any atom is -0.337 e. The number of fused-ring (bicyclic) bond motifs is 1. The Morgan fingerprint density at radius 1 is 1.00 bits per heavy atom. The summed E-state index contributed by atoms with van der Waals surface area (Å²) in [6.07, 6.45) is 9.22. The fourth-order valence-corrected chi connectivity index (χ4v) is 3.08. The Hall–Kier alpha value is -0.630. The lowest BCUT2D eigenvalue weighted by Crippen LogP contribution is -2.23. The molecule has 2 heterocycles. The van der Waals surface area contributed by atoms with E-state index in [1.165, 1.54) is 10.5 Å². The second-order valence-electron chi connectivity index (χ2n) is 6.89. The van der Waals surface area contributed by atoms with Gasteiger partial charge in [0.25, 0.3) is 0 Å². The average Bonchev–Trinajstić information content (AvgIpc) is 2.57. The fraction of sp³-hybridized carbons (Fsp3) is 0.600. The summed E-state index contributed by atoms with van der Waals surface area (Å²) in [5, 5.41) is 0.468. The van der Waals surface area contributed by atoms with Gasteiger partial charge in [0.15, 0.2) is 0 Å². The first-order valence-electron chi connectivity index (χ1n) is 6.25. The molecule has 1 unspecified atom stereocenters. The molecule has 0 aromatic carbocycles. The highest BCUT2D eigenvalue weighted by molar-refractivity contribution is 8.04. The van der Waals surface area contributed by atoms with Crippen LogP contribution < -0.4 is 0 Å². The average molecular weight is 249 g/mol. The Morgan fingerprint density at radius 3 is 2.18 bits per heavy atom. The van der Waals surface area contributed by atoms with Crippen molar-refractivity contribution >= 4 is 11.8 Å². The van der Waals surface area contributed by atoms with Crippen molar-refractivity contribution in [3.63, 3.8) is 0 Å². The molecular formula is C15H23NS. The van der Waals surface area contributed by atoms with E-state index in [1.54, 1.807) is 0 Å². The molecule has 0 aromatic heterocycles. The van der Waals surface area contributed by atoms with Gasteiger partial charge >= 0.3 is 0 Å². The summed E-state index contributed by atoms with van der Waals surface area (Å²) in [6.45, 7) is 13.6. The first kappa shape index (κ1) is 12.8. The molecule has 0 N–H and O–H groups in total. The number of thioether (sulfide) groups is 1. The Morgan fingerprint density at radius 2 is 1.65 bits per heavy atom. The van der Waals surface area contributed by atoms with Crippen molar-refractivity contribution < 1.29 is 0 Å². The molecule has 17 heavy (non-hydrogen) atoms. The molecular weight excluding hydrogens is 226 g/mol. The summed E-state index contributed by atoms with van der Waals surface area (Å²) in [6, 6.07) is 0. The zero-order valence-corrected chi connectivity index (χ0v) is 12.6. The highest BCUT2D eigenvalue weighted by atomic mass is 32.2. The fourth-order valence-electron chi connectivity index (χ4n) is 1.88. The SMILES string of the molecule is CC(C)(C)C1=CN2C=C(C(C)(C)C)SC2C=C1. The van der Waals surface area contributed by atoms with Gasteiger partial charge in [0.05, 0.1) is 0 Å². The van der Waals surface area contributed by atoms with Crippen LogP contribution in [0.1, 0.15) is 41.5 Å². The molecule has 0 fully saturated rings. The van der Waals surface area contributed by atoms with E-state index in [2.05, 4.69) is 71.0 Å². The Labute approximate surface area is 110 Å². The zero-order chi connectivity index (χ0) is 12.8. The highest BCUT2D eigenvalue weighted by Crippen LogP contribution is 2.46. The maximum absolute atomic E-state index is 2.35. The summed E-state index contributed by atoms with van der Waals surface area (Å²) in [5.74, 6) is 0. The van der Waals surface area contributed by atoms with Gasteiger partial charge in [-0.15, -0.1) is 0 Å². The van der Waals surface area contributed by atoms with Gasteiger partial charge in [0.1, 0.15) is 5.37 Å². The van der Waals surface area contributed by atoms with Gasteiger partial charge in [-0.05, 0) is 16.4 Å². The van der Waals surface area contributed by atoms with E-state index >= 15 is 0 Å². The molecule has 0 amide bonds. The van der Waals surface area contributed by atoms with Gasteiger partial charge in [-0.1, -0.05) is 65.5 Å². The molecule has 0 aliphatic carbocycles. The van der Waals surface area contributed by atoms with Gasteiger partial charge < -0.3 is 4.90 Å². The maximum Gasteiger partial charge on any atom is 0.102 e. The first-order valence-corrected chi connectivity index (χ1v) is 7.13. The molecule has 0 saturated heterocycles. The zero-order valence-electron chi connectivity index (χ0n) is 11.7. The van der Waals surface area contributed by atoms with E-state index in [0.29, 0.717) is 5.37 Å². The Bertz CT molecular complexity index is 402. The third-order valence-electron chi connectivity index (χ3n) is 3.14. The van der Waals surface area contributed by atoms with Gasteiger partial charge in [-0.25, -0.2) is 0 Å². The van der Waals surface area contributed by atoms with Crippen LogP contribution in [0.15, 0.2) is 35.0 Å². The van der Waals surface area contributed by atoms with Crippen molar-refractivity contribution in [3.05, 3.63) is 35.0 Å². The molecule has 0 aromatic rings. The Balaban J connectivity index is 2.25. The predicted molar refractivity (Wildman–Crippen MR) is 77.4 cm³/mol. The summed E-state index contributed by atoms with van der Waals surface area (Å²) in [4.78, 5) is 3.82. The van der Waals surface area contributed by atoms with Crippen LogP contribution in [-0.2, 0) is 0 Å². The van der Waals surface area contributed by atoms with Crippen LogP contribution in [0.5, 0.6) is 0 Å².